The summed E-state index contributed by atoms with van der Waals surface area (Å²) in [5, 5.41) is 4.98. The number of halogens is 2. The lowest BCUT2D eigenvalue weighted by atomic mass is 9.95. The summed E-state index contributed by atoms with van der Waals surface area (Å²) in [6.07, 6.45) is 1.22. The quantitative estimate of drug-likeness (QED) is 0.523. The summed E-state index contributed by atoms with van der Waals surface area (Å²) in [5.41, 5.74) is 1.65. The van der Waals surface area contributed by atoms with Crippen LogP contribution in [0.3, 0.4) is 0 Å². The van der Waals surface area contributed by atoms with Crippen LogP contribution in [0.2, 0.25) is 0 Å². The molecule has 0 atom stereocenters. The molecule has 0 unspecified atom stereocenters. The number of carbonyl (C=O) groups excluding carboxylic acids is 2. The number of hydrogen-bond acceptors (Lipinski definition) is 5. The van der Waals surface area contributed by atoms with Crippen molar-refractivity contribution in [3.05, 3.63) is 58.6 Å². The molecule has 3 aromatic rings. The van der Waals surface area contributed by atoms with E-state index < -0.39 is 11.6 Å². The molecular formula is C26H30F2N4O3S. The molecule has 2 aliphatic heterocycles. The minimum Gasteiger partial charge on any atom is -0.379 e. The summed E-state index contributed by atoms with van der Waals surface area (Å²) < 4.78 is 35.8. The van der Waals surface area contributed by atoms with Crippen LogP contribution in [0.5, 0.6) is 0 Å². The molecule has 0 aliphatic carbocycles. The molecule has 1 N–H and O–H groups in total. The van der Waals surface area contributed by atoms with Crippen LogP contribution in [0.4, 0.5) is 8.78 Å². The number of fused-ring (bicyclic) bond motifs is 1. The first-order valence-corrected chi connectivity index (χ1v) is 13.3. The van der Waals surface area contributed by atoms with Crippen LogP contribution in [-0.4, -0.2) is 78.7 Å². The van der Waals surface area contributed by atoms with Crippen molar-refractivity contribution in [3.63, 3.8) is 0 Å². The molecule has 2 saturated heterocycles. The molecule has 0 saturated carbocycles. The zero-order valence-corrected chi connectivity index (χ0v) is 20.9. The number of likely N-dealkylation sites (tertiary alicyclic amines) is 1. The van der Waals surface area contributed by atoms with E-state index in [1.807, 2.05) is 17.5 Å². The van der Waals surface area contributed by atoms with Crippen molar-refractivity contribution < 1.29 is 23.1 Å². The topological polar surface area (TPSA) is 66.8 Å². The van der Waals surface area contributed by atoms with Gasteiger partial charge in [-0.15, -0.1) is 11.3 Å². The number of ether oxygens (including phenoxy) is 1. The summed E-state index contributed by atoms with van der Waals surface area (Å²) in [5.74, 6) is -1.46. The highest BCUT2D eigenvalue weighted by Crippen LogP contribution is 2.29. The highest BCUT2D eigenvalue weighted by molar-refractivity contribution is 7.17. The molecule has 2 aromatic heterocycles. The first-order valence-electron chi connectivity index (χ1n) is 12.4. The largest absolute Gasteiger partial charge is 0.379 e. The molecule has 2 amide bonds. The van der Waals surface area contributed by atoms with Crippen molar-refractivity contribution >= 4 is 33.4 Å². The molecular weight excluding hydrogens is 486 g/mol. The fourth-order valence-corrected chi connectivity index (χ4v) is 5.78. The van der Waals surface area contributed by atoms with Crippen LogP contribution in [0.25, 0.3) is 10.2 Å². The van der Waals surface area contributed by atoms with Gasteiger partial charge in [-0.05, 0) is 36.4 Å². The zero-order valence-electron chi connectivity index (χ0n) is 20.1. The van der Waals surface area contributed by atoms with Gasteiger partial charge in [0.1, 0.15) is 17.3 Å². The SMILES string of the molecule is O=C(NCCN1CCOCC1)C1CCN(C(=O)c2cc3sccc3n2Cc2ccc(F)cc2F)CC1. The highest BCUT2D eigenvalue weighted by atomic mass is 32.1. The standard InChI is InChI=1S/C26H30F2N4O3S/c27-20-2-1-19(21(28)15-20)17-32-22-5-14-36-24(22)16-23(32)26(34)31-7-3-18(4-8-31)25(33)29-6-9-30-10-12-35-13-11-30/h1-2,5,14-16,18H,3-4,6-13,17H2,(H,29,33). The van der Waals surface area contributed by atoms with Crippen molar-refractivity contribution in [1.82, 2.24) is 19.7 Å². The Morgan fingerprint density at radius 1 is 1.06 bits per heavy atom. The molecule has 2 fully saturated rings. The van der Waals surface area contributed by atoms with E-state index in [9.17, 15) is 18.4 Å². The number of rotatable bonds is 7. The maximum Gasteiger partial charge on any atom is 0.270 e. The van der Waals surface area contributed by atoms with E-state index in [1.54, 1.807) is 9.47 Å². The van der Waals surface area contributed by atoms with Gasteiger partial charge in [0, 0.05) is 56.8 Å². The van der Waals surface area contributed by atoms with Crippen molar-refractivity contribution in [2.24, 2.45) is 5.92 Å². The second kappa shape index (κ2) is 11.1. The fourth-order valence-electron chi connectivity index (χ4n) is 4.96. The predicted octanol–water partition coefficient (Wildman–Crippen LogP) is 3.33. The van der Waals surface area contributed by atoms with Gasteiger partial charge in [0.2, 0.25) is 5.91 Å². The number of thiophene rings is 1. The van der Waals surface area contributed by atoms with Crippen molar-refractivity contribution in [1.29, 1.82) is 0 Å². The first-order chi connectivity index (χ1) is 17.5. The summed E-state index contributed by atoms with van der Waals surface area (Å²) in [6, 6.07) is 7.26. The smallest absolute Gasteiger partial charge is 0.270 e. The molecule has 10 heteroatoms. The van der Waals surface area contributed by atoms with Crippen LogP contribution in [-0.2, 0) is 16.1 Å². The number of benzene rings is 1. The minimum atomic E-state index is -0.633. The van der Waals surface area contributed by atoms with Gasteiger partial charge in [0.15, 0.2) is 0 Å². The Kier molecular flexibility index (Phi) is 7.64. The summed E-state index contributed by atoms with van der Waals surface area (Å²) >= 11 is 1.52. The maximum atomic E-state index is 14.4. The normalized spacial score (nSPS) is 17.6. The first kappa shape index (κ1) is 24.9. The lowest BCUT2D eigenvalue weighted by Gasteiger charge is -2.32. The third kappa shape index (κ3) is 5.45. The monoisotopic (exact) mass is 516 g/mol. The second-order valence-electron chi connectivity index (χ2n) is 9.33. The van der Waals surface area contributed by atoms with E-state index in [1.165, 1.54) is 23.5 Å². The van der Waals surface area contributed by atoms with Gasteiger partial charge in [-0.3, -0.25) is 14.5 Å². The van der Waals surface area contributed by atoms with Crippen molar-refractivity contribution in [2.75, 3.05) is 52.5 Å². The Morgan fingerprint density at radius 2 is 1.83 bits per heavy atom. The van der Waals surface area contributed by atoms with E-state index in [0.29, 0.717) is 43.7 Å². The van der Waals surface area contributed by atoms with E-state index in [4.69, 9.17) is 4.74 Å². The van der Waals surface area contributed by atoms with Gasteiger partial charge in [-0.2, -0.15) is 0 Å². The summed E-state index contributed by atoms with van der Waals surface area (Å²) in [7, 11) is 0. The van der Waals surface area contributed by atoms with Gasteiger partial charge in [0.05, 0.1) is 30.0 Å². The zero-order chi connectivity index (χ0) is 25.1. The maximum absolute atomic E-state index is 14.4. The molecule has 0 spiro atoms. The Bertz CT molecular complexity index is 1230. The Labute approximate surface area is 212 Å². The molecule has 2 aliphatic rings. The van der Waals surface area contributed by atoms with Crippen LogP contribution < -0.4 is 5.32 Å². The number of aromatic nitrogens is 1. The Morgan fingerprint density at radius 3 is 2.58 bits per heavy atom. The number of nitrogens with one attached hydrogen (secondary N) is 1. The molecule has 0 radical (unpaired) electrons. The number of piperidine rings is 1. The molecule has 4 heterocycles. The third-order valence-electron chi connectivity index (χ3n) is 7.07. The number of amides is 2. The molecule has 1 aromatic carbocycles. The summed E-state index contributed by atoms with van der Waals surface area (Å²) in [4.78, 5) is 30.2. The van der Waals surface area contributed by atoms with E-state index in [-0.39, 0.29) is 24.3 Å². The van der Waals surface area contributed by atoms with Gasteiger partial charge in [-0.1, -0.05) is 6.07 Å². The van der Waals surface area contributed by atoms with Crippen LogP contribution in [0.1, 0.15) is 28.9 Å². The van der Waals surface area contributed by atoms with Crippen LogP contribution in [0.15, 0.2) is 35.7 Å². The van der Waals surface area contributed by atoms with Gasteiger partial charge in [-0.25, -0.2) is 8.78 Å². The van der Waals surface area contributed by atoms with Gasteiger partial charge < -0.3 is 19.5 Å². The second-order valence-corrected chi connectivity index (χ2v) is 10.3. The Balaban J connectivity index is 1.20. The van der Waals surface area contributed by atoms with E-state index in [2.05, 4.69) is 10.2 Å². The molecule has 5 rings (SSSR count). The lowest BCUT2D eigenvalue weighted by Crippen LogP contribution is -2.45. The fraction of sp³-hybridized carbons (Fsp3) is 0.462. The van der Waals surface area contributed by atoms with Gasteiger partial charge >= 0.3 is 0 Å². The molecule has 192 valence electrons. The number of morpholine rings is 1. The number of hydrogen-bond donors (Lipinski definition) is 1. The predicted molar refractivity (Wildman–Crippen MR) is 134 cm³/mol. The van der Waals surface area contributed by atoms with Crippen molar-refractivity contribution in [2.45, 2.75) is 19.4 Å². The average Bonchev–Trinajstić information content (AvgIpc) is 3.48. The van der Waals surface area contributed by atoms with Crippen molar-refractivity contribution in [3.8, 4) is 0 Å². The number of carbonyl (C=O) groups is 2. The minimum absolute atomic E-state index is 0.0473. The lowest BCUT2D eigenvalue weighted by molar-refractivity contribution is -0.126. The Hall–Kier alpha value is -2.82. The third-order valence-corrected chi connectivity index (χ3v) is 7.92. The van der Waals surface area contributed by atoms with E-state index in [0.717, 1.165) is 49.1 Å². The van der Waals surface area contributed by atoms with Crippen LogP contribution in [0, 0.1) is 17.6 Å². The van der Waals surface area contributed by atoms with Crippen LogP contribution >= 0.6 is 11.3 Å². The van der Waals surface area contributed by atoms with Gasteiger partial charge in [0.25, 0.3) is 5.91 Å². The molecule has 0 bridgehead atoms. The average molecular weight is 517 g/mol. The molecule has 7 nitrogen and oxygen atoms in total. The highest BCUT2D eigenvalue weighted by Gasteiger charge is 2.30. The number of nitrogens with zero attached hydrogens (tertiary/aromatic N) is 3. The van der Waals surface area contributed by atoms with E-state index >= 15 is 0 Å². The molecule has 36 heavy (non-hydrogen) atoms. The summed E-state index contributed by atoms with van der Waals surface area (Å²) in [6.45, 7) is 5.80.